The summed E-state index contributed by atoms with van der Waals surface area (Å²) >= 11 is 1.66. The van der Waals surface area contributed by atoms with E-state index in [2.05, 4.69) is 26.3 Å². The number of aromatic amines is 1. The number of hydrogen-bond acceptors (Lipinski definition) is 4. The van der Waals surface area contributed by atoms with Crippen LogP contribution in [0.5, 0.6) is 0 Å². The molecule has 126 valence electrons. The number of benzene rings is 1. The van der Waals surface area contributed by atoms with Gasteiger partial charge in [-0.15, -0.1) is 11.3 Å². The van der Waals surface area contributed by atoms with Crippen LogP contribution < -0.4 is 5.32 Å². The first-order chi connectivity index (χ1) is 12.2. The predicted octanol–water partition coefficient (Wildman–Crippen LogP) is 4.67. The van der Waals surface area contributed by atoms with Crippen molar-refractivity contribution in [3.63, 3.8) is 0 Å². The normalized spacial score (nSPS) is 11.1. The average Bonchev–Trinajstić information content (AvgIpc) is 3.19. The molecule has 0 aliphatic heterocycles. The van der Waals surface area contributed by atoms with Crippen LogP contribution in [0.1, 0.15) is 21.7 Å². The fourth-order valence-corrected chi connectivity index (χ4v) is 3.76. The topological polar surface area (TPSA) is 53.6 Å². The lowest BCUT2D eigenvalue weighted by molar-refractivity contribution is 0.627. The third-order valence-corrected chi connectivity index (χ3v) is 5.25. The van der Waals surface area contributed by atoms with E-state index in [4.69, 9.17) is 0 Å². The van der Waals surface area contributed by atoms with Crippen molar-refractivity contribution < 1.29 is 4.39 Å². The van der Waals surface area contributed by atoms with Crippen molar-refractivity contribution in [3.8, 4) is 0 Å². The molecule has 6 heteroatoms. The molecule has 0 aliphatic carbocycles. The largest absolute Gasteiger partial charge is 0.357 e. The van der Waals surface area contributed by atoms with Gasteiger partial charge in [-0.2, -0.15) is 0 Å². The zero-order chi connectivity index (χ0) is 17.2. The molecule has 0 saturated carbocycles. The molecule has 0 unspecified atom stereocenters. The third-order valence-electron chi connectivity index (χ3n) is 4.14. The molecule has 0 saturated heterocycles. The minimum absolute atomic E-state index is 0.218. The number of hydrogen-bond donors (Lipinski definition) is 2. The number of aromatic nitrogens is 3. The van der Waals surface area contributed by atoms with Gasteiger partial charge in [0.25, 0.3) is 0 Å². The molecule has 0 aliphatic rings. The van der Waals surface area contributed by atoms with Gasteiger partial charge in [-0.1, -0.05) is 12.1 Å². The van der Waals surface area contributed by atoms with Gasteiger partial charge in [0, 0.05) is 35.6 Å². The number of thiazole rings is 1. The smallest absolute Gasteiger partial charge is 0.183 e. The van der Waals surface area contributed by atoms with Crippen LogP contribution in [0.25, 0.3) is 11.0 Å². The fourth-order valence-electron chi connectivity index (χ4n) is 2.78. The maximum absolute atomic E-state index is 13.0. The molecule has 25 heavy (non-hydrogen) atoms. The number of H-pyrrole nitrogens is 1. The summed E-state index contributed by atoms with van der Waals surface area (Å²) in [5, 5.41) is 5.36. The Kier molecular flexibility index (Phi) is 4.19. The van der Waals surface area contributed by atoms with Crippen LogP contribution >= 0.6 is 11.3 Å². The summed E-state index contributed by atoms with van der Waals surface area (Å²) in [4.78, 5) is 13.4. The highest BCUT2D eigenvalue weighted by Gasteiger charge is 2.11. The van der Waals surface area contributed by atoms with Crippen LogP contribution in [0, 0.1) is 12.7 Å². The number of nitrogens with one attached hydrogen (secondary N) is 2. The molecule has 4 nitrogen and oxygen atoms in total. The Morgan fingerprint density at radius 1 is 1.20 bits per heavy atom. The fraction of sp³-hybridized carbons (Fsp3) is 0.158. The minimum Gasteiger partial charge on any atom is -0.357 e. The molecule has 0 bridgehead atoms. The Morgan fingerprint density at radius 3 is 2.88 bits per heavy atom. The van der Waals surface area contributed by atoms with Gasteiger partial charge in [-0.05, 0) is 42.3 Å². The van der Waals surface area contributed by atoms with Gasteiger partial charge < -0.3 is 10.3 Å². The number of aryl methyl sites for hydroxylation is 1. The van der Waals surface area contributed by atoms with Crippen LogP contribution in [-0.4, -0.2) is 15.0 Å². The van der Waals surface area contributed by atoms with Crippen LogP contribution in [0.15, 0.2) is 48.8 Å². The second-order valence-corrected chi connectivity index (χ2v) is 6.98. The highest BCUT2D eigenvalue weighted by Crippen LogP contribution is 2.28. The summed E-state index contributed by atoms with van der Waals surface area (Å²) < 4.78 is 13.0. The molecule has 0 spiro atoms. The van der Waals surface area contributed by atoms with E-state index in [0.29, 0.717) is 6.54 Å². The highest BCUT2D eigenvalue weighted by atomic mass is 32.1. The highest BCUT2D eigenvalue weighted by molar-refractivity contribution is 7.15. The number of nitrogens with zero attached hydrogens (tertiary/aromatic N) is 2. The molecular weight excluding hydrogens is 335 g/mol. The molecule has 3 aromatic heterocycles. The van der Waals surface area contributed by atoms with Gasteiger partial charge in [0.2, 0.25) is 0 Å². The van der Waals surface area contributed by atoms with Gasteiger partial charge >= 0.3 is 0 Å². The summed E-state index contributed by atoms with van der Waals surface area (Å²) in [5.41, 5.74) is 4.19. The standard InChI is InChI=1S/C19H17FN4S/c1-12-17(9-14-11-22-18-16(14)3-2-8-21-18)25-19(24-12)23-10-13-4-6-15(20)7-5-13/h2-8,11H,9-10H2,1H3,(H,21,22)(H,23,24). The van der Waals surface area contributed by atoms with Gasteiger partial charge in [0.05, 0.1) is 5.69 Å². The van der Waals surface area contributed by atoms with E-state index < -0.39 is 0 Å². The van der Waals surface area contributed by atoms with E-state index in [1.54, 1.807) is 29.7 Å². The Labute approximate surface area is 148 Å². The zero-order valence-corrected chi connectivity index (χ0v) is 14.5. The third kappa shape index (κ3) is 3.39. The van der Waals surface area contributed by atoms with E-state index in [1.807, 2.05) is 19.2 Å². The Bertz CT molecular complexity index is 1000. The molecule has 1 aromatic carbocycles. The summed E-state index contributed by atoms with van der Waals surface area (Å²) in [6.07, 6.45) is 4.63. The van der Waals surface area contributed by atoms with Crippen LogP contribution in [0.3, 0.4) is 0 Å². The van der Waals surface area contributed by atoms with Crippen molar-refractivity contribution in [2.45, 2.75) is 19.9 Å². The second kappa shape index (κ2) is 6.64. The molecule has 3 heterocycles. The minimum atomic E-state index is -0.218. The number of halogens is 1. The van der Waals surface area contributed by atoms with Gasteiger partial charge in [-0.25, -0.2) is 14.4 Å². The number of pyridine rings is 1. The SMILES string of the molecule is Cc1nc(NCc2ccc(F)cc2)sc1Cc1c[nH]c2ncccc12. The molecule has 0 fully saturated rings. The van der Waals surface area contributed by atoms with E-state index in [0.717, 1.165) is 33.8 Å². The van der Waals surface area contributed by atoms with Crippen LogP contribution in [-0.2, 0) is 13.0 Å². The van der Waals surface area contributed by atoms with Crippen LogP contribution in [0.4, 0.5) is 9.52 Å². The van der Waals surface area contributed by atoms with Crippen molar-refractivity contribution in [1.82, 2.24) is 15.0 Å². The quantitative estimate of drug-likeness (QED) is 0.549. The van der Waals surface area contributed by atoms with Crippen molar-refractivity contribution in [1.29, 1.82) is 0 Å². The number of fused-ring (bicyclic) bond motifs is 1. The molecule has 0 atom stereocenters. The molecule has 0 radical (unpaired) electrons. The zero-order valence-electron chi connectivity index (χ0n) is 13.7. The number of anilines is 1. The molecule has 0 amide bonds. The van der Waals surface area contributed by atoms with E-state index in [9.17, 15) is 4.39 Å². The first-order valence-electron chi connectivity index (χ1n) is 8.04. The Balaban J connectivity index is 1.49. The first-order valence-corrected chi connectivity index (χ1v) is 8.86. The van der Waals surface area contributed by atoms with Crippen molar-refractivity contribution in [2.24, 2.45) is 0 Å². The summed E-state index contributed by atoms with van der Waals surface area (Å²) in [6, 6.07) is 10.5. The van der Waals surface area contributed by atoms with E-state index >= 15 is 0 Å². The van der Waals surface area contributed by atoms with Crippen molar-refractivity contribution in [3.05, 3.63) is 76.3 Å². The molecular formula is C19H17FN4S. The van der Waals surface area contributed by atoms with Gasteiger partial charge in [0.15, 0.2) is 5.13 Å². The summed E-state index contributed by atoms with van der Waals surface area (Å²) in [6.45, 7) is 2.66. The van der Waals surface area contributed by atoms with E-state index in [1.165, 1.54) is 22.6 Å². The lowest BCUT2D eigenvalue weighted by atomic mass is 10.1. The Morgan fingerprint density at radius 2 is 2.04 bits per heavy atom. The molecule has 2 N–H and O–H groups in total. The van der Waals surface area contributed by atoms with E-state index in [-0.39, 0.29) is 5.82 Å². The molecule has 4 rings (SSSR count). The summed E-state index contributed by atoms with van der Waals surface area (Å²) in [5.74, 6) is -0.218. The van der Waals surface area contributed by atoms with Crippen molar-refractivity contribution >= 4 is 27.5 Å². The summed E-state index contributed by atoms with van der Waals surface area (Å²) in [7, 11) is 0. The van der Waals surface area contributed by atoms with Crippen molar-refractivity contribution in [2.75, 3.05) is 5.32 Å². The van der Waals surface area contributed by atoms with Crippen LogP contribution in [0.2, 0.25) is 0 Å². The monoisotopic (exact) mass is 352 g/mol. The molecule has 4 aromatic rings. The Hall–Kier alpha value is -2.73. The lowest BCUT2D eigenvalue weighted by Crippen LogP contribution is -1.98. The maximum atomic E-state index is 13.0. The number of rotatable bonds is 5. The maximum Gasteiger partial charge on any atom is 0.183 e. The van der Waals surface area contributed by atoms with Gasteiger partial charge in [0.1, 0.15) is 11.5 Å². The van der Waals surface area contributed by atoms with Gasteiger partial charge in [-0.3, -0.25) is 0 Å². The predicted molar refractivity (Wildman–Crippen MR) is 99.5 cm³/mol. The first kappa shape index (κ1) is 15.8. The lowest BCUT2D eigenvalue weighted by Gasteiger charge is -2.02. The second-order valence-electron chi connectivity index (χ2n) is 5.90. The average molecular weight is 352 g/mol.